The minimum Gasteiger partial charge on any atom is -0.307 e. The van der Waals surface area contributed by atoms with Gasteiger partial charge in [0, 0.05) is 18.1 Å². The van der Waals surface area contributed by atoms with Crippen molar-refractivity contribution in [2.45, 2.75) is 57.7 Å². The third-order valence-electron chi connectivity index (χ3n) is 4.42. The highest BCUT2D eigenvalue weighted by atomic mass is 15.1. The first kappa shape index (κ1) is 14.5. The Kier molecular flexibility index (Phi) is 5.41. The predicted octanol–water partition coefficient (Wildman–Crippen LogP) is 3.60. The van der Waals surface area contributed by atoms with Crippen LogP contribution in [0.3, 0.4) is 0 Å². The Bertz CT molecular complexity index is 363. The lowest BCUT2D eigenvalue weighted by molar-refractivity contribution is 0.161. The van der Waals surface area contributed by atoms with E-state index >= 15 is 0 Å². The van der Waals surface area contributed by atoms with Gasteiger partial charge in [-0.3, -0.25) is 0 Å². The van der Waals surface area contributed by atoms with Crippen LogP contribution in [0.15, 0.2) is 30.3 Å². The summed E-state index contributed by atoms with van der Waals surface area (Å²) in [5.74, 6) is 0. The molecule has 2 heteroatoms. The van der Waals surface area contributed by atoms with E-state index in [2.05, 4.69) is 61.4 Å². The van der Waals surface area contributed by atoms with E-state index in [-0.39, 0.29) is 0 Å². The highest BCUT2D eigenvalue weighted by Gasteiger charge is 2.24. The van der Waals surface area contributed by atoms with Crippen LogP contribution >= 0.6 is 0 Å². The molecule has 1 aromatic rings. The Morgan fingerprint density at radius 3 is 2.68 bits per heavy atom. The van der Waals surface area contributed by atoms with Crippen molar-refractivity contribution in [3.8, 4) is 0 Å². The van der Waals surface area contributed by atoms with Crippen molar-refractivity contribution in [1.29, 1.82) is 0 Å². The molecular weight excluding hydrogens is 232 g/mol. The number of hydrogen-bond acceptors (Lipinski definition) is 2. The van der Waals surface area contributed by atoms with Crippen molar-refractivity contribution in [2.75, 3.05) is 13.6 Å². The van der Waals surface area contributed by atoms with Crippen molar-refractivity contribution in [3.63, 3.8) is 0 Å². The minimum atomic E-state index is 0.520. The highest BCUT2D eigenvalue weighted by molar-refractivity contribution is 5.19. The highest BCUT2D eigenvalue weighted by Crippen LogP contribution is 2.23. The van der Waals surface area contributed by atoms with Crippen LogP contribution in [0.5, 0.6) is 0 Å². The fraction of sp³-hybridized carbons (Fsp3) is 0.647. The summed E-state index contributed by atoms with van der Waals surface area (Å²) in [4.78, 5) is 2.47. The molecule has 2 nitrogen and oxygen atoms in total. The van der Waals surface area contributed by atoms with E-state index in [1.165, 1.54) is 37.8 Å². The first-order valence-electron chi connectivity index (χ1n) is 7.72. The molecule has 2 rings (SSSR count). The second kappa shape index (κ2) is 7.06. The lowest BCUT2D eigenvalue weighted by Crippen LogP contribution is -2.46. The summed E-state index contributed by atoms with van der Waals surface area (Å²) in [5.41, 5.74) is 1.44. The van der Waals surface area contributed by atoms with E-state index in [0.29, 0.717) is 18.1 Å². The molecule has 0 aromatic heterocycles. The summed E-state index contributed by atoms with van der Waals surface area (Å²) >= 11 is 0. The second-order valence-electron chi connectivity index (χ2n) is 5.97. The number of rotatable bonds is 5. The normalized spacial score (nSPS) is 26.3. The molecule has 1 aliphatic rings. The van der Waals surface area contributed by atoms with Gasteiger partial charge in [0.1, 0.15) is 0 Å². The van der Waals surface area contributed by atoms with Crippen LogP contribution in [-0.2, 0) is 0 Å². The van der Waals surface area contributed by atoms with Gasteiger partial charge in [0.05, 0.1) is 0 Å². The largest absolute Gasteiger partial charge is 0.307 e. The fourth-order valence-corrected chi connectivity index (χ4v) is 3.05. The van der Waals surface area contributed by atoms with E-state index in [0.717, 1.165) is 0 Å². The lowest BCUT2D eigenvalue weighted by atomic mass is 9.95. The molecule has 1 fully saturated rings. The quantitative estimate of drug-likeness (QED) is 0.870. The first-order chi connectivity index (χ1) is 9.20. The maximum Gasteiger partial charge on any atom is 0.0322 e. The first-order valence-corrected chi connectivity index (χ1v) is 7.72. The Hall–Kier alpha value is -0.860. The Morgan fingerprint density at radius 2 is 2.05 bits per heavy atom. The van der Waals surface area contributed by atoms with Gasteiger partial charge in [-0.1, -0.05) is 43.7 Å². The second-order valence-corrected chi connectivity index (χ2v) is 5.97. The maximum absolute atomic E-state index is 3.90. The molecule has 3 atom stereocenters. The van der Waals surface area contributed by atoms with E-state index < -0.39 is 0 Å². The number of benzene rings is 1. The summed E-state index contributed by atoms with van der Waals surface area (Å²) < 4.78 is 0. The van der Waals surface area contributed by atoms with Gasteiger partial charge in [-0.2, -0.15) is 0 Å². The van der Waals surface area contributed by atoms with E-state index in [4.69, 9.17) is 0 Å². The monoisotopic (exact) mass is 260 g/mol. The number of hydrogen-bond donors (Lipinski definition) is 1. The Labute approximate surface area is 118 Å². The molecule has 3 unspecified atom stereocenters. The van der Waals surface area contributed by atoms with Gasteiger partial charge in [-0.05, 0) is 45.3 Å². The fourth-order valence-electron chi connectivity index (χ4n) is 3.05. The molecule has 0 amide bonds. The number of likely N-dealkylation sites (tertiary alicyclic amines) is 1. The smallest absolute Gasteiger partial charge is 0.0322 e. The van der Waals surface area contributed by atoms with Crippen molar-refractivity contribution < 1.29 is 0 Å². The average molecular weight is 260 g/mol. The van der Waals surface area contributed by atoms with Gasteiger partial charge in [0.25, 0.3) is 0 Å². The van der Waals surface area contributed by atoms with Crippen molar-refractivity contribution in [1.82, 2.24) is 10.2 Å². The molecule has 1 heterocycles. The van der Waals surface area contributed by atoms with Crippen molar-refractivity contribution in [3.05, 3.63) is 35.9 Å². The molecule has 0 spiro atoms. The van der Waals surface area contributed by atoms with Crippen molar-refractivity contribution in [2.24, 2.45) is 0 Å². The summed E-state index contributed by atoms with van der Waals surface area (Å²) in [6.45, 7) is 5.83. The predicted molar refractivity (Wildman–Crippen MR) is 82.3 cm³/mol. The summed E-state index contributed by atoms with van der Waals surface area (Å²) in [6, 6.07) is 12.8. The van der Waals surface area contributed by atoms with Crippen LogP contribution < -0.4 is 5.32 Å². The van der Waals surface area contributed by atoms with Gasteiger partial charge >= 0.3 is 0 Å². The molecule has 0 radical (unpaired) electrons. The van der Waals surface area contributed by atoms with Crippen LogP contribution in [0, 0.1) is 0 Å². The minimum absolute atomic E-state index is 0.520. The van der Waals surface area contributed by atoms with Gasteiger partial charge in [-0.25, -0.2) is 0 Å². The van der Waals surface area contributed by atoms with Gasteiger partial charge in [-0.15, -0.1) is 0 Å². The topological polar surface area (TPSA) is 15.3 Å². The molecule has 0 aliphatic carbocycles. The Morgan fingerprint density at radius 1 is 1.32 bits per heavy atom. The third-order valence-corrected chi connectivity index (χ3v) is 4.42. The van der Waals surface area contributed by atoms with E-state index in [1.807, 2.05) is 0 Å². The molecule has 1 saturated heterocycles. The number of piperidine rings is 1. The SMILES string of the molecule is CCCC(NC1CCN(C)C(C)C1)c1ccccc1. The zero-order valence-electron chi connectivity index (χ0n) is 12.6. The van der Waals surface area contributed by atoms with Crippen LogP contribution in [0.1, 0.15) is 51.1 Å². The van der Waals surface area contributed by atoms with E-state index in [9.17, 15) is 0 Å². The average Bonchev–Trinajstić information content (AvgIpc) is 2.43. The zero-order valence-corrected chi connectivity index (χ0v) is 12.6. The van der Waals surface area contributed by atoms with Gasteiger partial charge < -0.3 is 10.2 Å². The van der Waals surface area contributed by atoms with Crippen LogP contribution in [0.25, 0.3) is 0 Å². The molecule has 0 bridgehead atoms. The van der Waals surface area contributed by atoms with Crippen LogP contribution in [0.4, 0.5) is 0 Å². The molecule has 106 valence electrons. The lowest BCUT2D eigenvalue weighted by Gasteiger charge is -2.37. The number of nitrogens with one attached hydrogen (secondary N) is 1. The van der Waals surface area contributed by atoms with Crippen LogP contribution in [0.2, 0.25) is 0 Å². The van der Waals surface area contributed by atoms with Crippen LogP contribution in [-0.4, -0.2) is 30.6 Å². The molecule has 0 saturated carbocycles. The molecule has 1 N–H and O–H groups in total. The number of nitrogens with zero attached hydrogens (tertiary/aromatic N) is 1. The molecule has 19 heavy (non-hydrogen) atoms. The zero-order chi connectivity index (χ0) is 13.7. The maximum atomic E-state index is 3.90. The molecule has 1 aromatic carbocycles. The van der Waals surface area contributed by atoms with Gasteiger partial charge in [0.15, 0.2) is 0 Å². The van der Waals surface area contributed by atoms with E-state index in [1.54, 1.807) is 0 Å². The summed E-state index contributed by atoms with van der Waals surface area (Å²) in [5, 5.41) is 3.90. The molecule has 1 aliphatic heterocycles. The third kappa shape index (κ3) is 4.05. The van der Waals surface area contributed by atoms with Gasteiger partial charge in [0.2, 0.25) is 0 Å². The summed E-state index contributed by atoms with van der Waals surface area (Å²) in [6.07, 6.45) is 5.00. The Balaban J connectivity index is 1.97. The summed E-state index contributed by atoms with van der Waals surface area (Å²) in [7, 11) is 2.24. The standard InChI is InChI=1S/C17H28N2/c1-4-8-17(15-9-6-5-7-10-15)18-16-11-12-19(3)14(2)13-16/h5-7,9-10,14,16-18H,4,8,11-13H2,1-3H3. The molecular formula is C17H28N2. The van der Waals surface area contributed by atoms with Crippen molar-refractivity contribution >= 4 is 0 Å².